The Labute approximate surface area is 235 Å². The Morgan fingerprint density at radius 2 is 1.74 bits per heavy atom. The van der Waals surface area contributed by atoms with Gasteiger partial charge in [0, 0.05) is 26.7 Å². The average Bonchev–Trinajstić information content (AvgIpc) is 3.21. The molecule has 2 aromatic rings. The lowest BCUT2D eigenvalue weighted by molar-refractivity contribution is -0.151. The van der Waals surface area contributed by atoms with Gasteiger partial charge in [0.2, 0.25) is 21.8 Å². The molecule has 2 aliphatic heterocycles. The predicted octanol–water partition coefficient (Wildman–Crippen LogP) is 1.71. The van der Waals surface area contributed by atoms with Gasteiger partial charge in [-0.2, -0.15) is 4.72 Å². The van der Waals surface area contributed by atoms with Gasteiger partial charge in [-0.15, -0.1) is 12.4 Å². The fraction of sp³-hybridized carbons (Fsp3) is 0.500. The zero-order valence-corrected chi connectivity index (χ0v) is 23.7. The number of ether oxygens (including phenoxy) is 1. The molecule has 0 saturated carbocycles. The monoisotopic (exact) mass is 580 g/mol. The number of carbonyl (C=O) groups is 2. The summed E-state index contributed by atoms with van der Waals surface area (Å²) in [6.07, 6.45) is 2.64. The highest BCUT2D eigenvalue weighted by Gasteiger charge is 2.35. The number of carbonyl (C=O) groups excluding carboxylic acids is 2. The van der Waals surface area contributed by atoms with Crippen LogP contribution in [0.2, 0.25) is 0 Å². The van der Waals surface area contributed by atoms with Crippen LogP contribution in [-0.4, -0.2) is 93.0 Å². The van der Waals surface area contributed by atoms with Crippen molar-refractivity contribution in [2.45, 2.75) is 49.3 Å². The highest BCUT2D eigenvalue weighted by molar-refractivity contribution is 7.89. The molecule has 2 fully saturated rings. The summed E-state index contributed by atoms with van der Waals surface area (Å²) >= 11 is 0. The van der Waals surface area contributed by atoms with E-state index < -0.39 is 34.1 Å². The molecule has 4 rings (SSSR count). The number of halogens is 1. The van der Waals surface area contributed by atoms with E-state index in [0.29, 0.717) is 19.6 Å². The molecule has 214 valence electrons. The molecule has 13 heteroatoms. The minimum absolute atomic E-state index is 0. The summed E-state index contributed by atoms with van der Waals surface area (Å²) in [6, 6.07) is 10.9. The summed E-state index contributed by atoms with van der Waals surface area (Å²) < 4.78 is 35.1. The van der Waals surface area contributed by atoms with Crippen molar-refractivity contribution in [3.05, 3.63) is 42.5 Å². The first-order chi connectivity index (χ1) is 18.2. The molecule has 2 saturated heterocycles. The lowest BCUT2D eigenvalue weighted by atomic mass is 10.1. The molecule has 11 nitrogen and oxygen atoms in total. The molecule has 2 atom stereocenters. The lowest BCUT2D eigenvalue weighted by Crippen LogP contribution is -2.56. The van der Waals surface area contributed by atoms with Crippen LogP contribution < -0.4 is 10.5 Å². The Morgan fingerprint density at radius 1 is 1.08 bits per heavy atom. The van der Waals surface area contributed by atoms with Crippen molar-refractivity contribution < 1.29 is 22.7 Å². The number of nitrogens with two attached hydrogens (primary N) is 1. The zero-order valence-electron chi connectivity index (χ0n) is 22.0. The number of sulfonamides is 1. The topological polar surface area (TPSA) is 149 Å². The summed E-state index contributed by atoms with van der Waals surface area (Å²) in [6.45, 7) is 1.99. The minimum atomic E-state index is -4.11. The Balaban J connectivity index is 0.00000420. The average molecular weight is 581 g/mol. The molecule has 2 aliphatic rings. The molecule has 0 spiro atoms. The van der Waals surface area contributed by atoms with Crippen LogP contribution in [0.5, 0.6) is 0 Å². The first kappa shape index (κ1) is 30.6. The van der Waals surface area contributed by atoms with Gasteiger partial charge < -0.3 is 25.2 Å². The number of nitrogens with zero attached hydrogens (tertiary/aromatic N) is 3. The van der Waals surface area contributed by atoms with Gasteiger partial charge in [-0.25, -0.2) is 8.42 Å². The zero-order chi connectivity index (χ0) is 27.3. The van der Waals surface area contributed by atoms with E-state index in [0.717, 1.165) is 36.5 Å². The molecule has 0 bridgehead atoms. The van der Waals surface area contributed by atoms with Crippen molar-refractivity contribution in [3.63, 3.8) is 0 Å². The molecule has 0 radical (unpaired) electrons. The third-order valence-electron chi connectivity index (χ3n) is 7.14. The van der Waals surface area contributed by atoms with Gasteiger partial charge in [0.05, 0.1) is 24.5 Å². The molecule has 2 unspecified atom stereocenters. The van der Waals surface area contributed by atoms with Crippen LogP contribution in [0.3, 0.4) is 0 Å². The van der Waals surface area contributed by atoms with E-state index in [9.17, 15) is 18.0 Å². The molecule has 2 aromatic carbocycles. The molecule has 39 heavy (non-hydrogen) atoms. The third kappa shape index (κ3) is 7.59. The van der Waals surface area contributed by atoms with E-state index in [1.165, 1.54) is 11.0 Å². The second-order valence-electron chi connectivity index (χ2n) is 9.79. The van der Waals surface area contributed by atoms with Crippen molar-refractivity contribution in [2.75, 3.05) is 39.8 Å². The number of benzene rings is 2. The van der Waals surface area contributed by atoms with E-state index in [-0.39, 0.29) is 42.8 Å². The number of likely N-dealkylation sites (tertiary alicyclic amines) is 1. The molecule has 2 amide bonds. The molecule has 0 aromatic heterocycles. The maximum absolute atomic E-state index is 13.6. The Morgan fingerprint density at radius 3 is 2.41 bits per heavy atom. The van der Waals surface area contributed by atoms with Crippen molar-refractivity contribution in [3.8, 4) is 0 Å². The van der Waals surface area contributed by atoms with Crippen LogP contribution in [0.1, 0.15) is 32.1 Å². The van der Waals surface area contributed by atoms with Crippen LogP contribution in [0.15, 0.2) is 47.4 Å². The lowest BCUT2D eigenvalue weighted by Gasteiger charge is -2.38. The van der Waals surface area contributed by atoms with Crippen LogP contribution in [-0.2, 0) is 24.3 Å². The predicted molar refractivity (Wildman–Crippen MR) is 151 cm³/mol. The minimum Gasteiger partial charge on any atom is -0.370 e. The van der Waals surface area contributed by atoms with Gasteiger partial charge in [0.25, 0.3) is 0 Å². The standard InChI is InChI=1S/C26H36N6O5S.ClH/c1-30(24-18-32(26(27)28)14-15-37-24)23(33)17-22(25(34)31-12-6-2-3-7-13-31)29-38(35,36)21-11-10-19-8-4-5-9-20(19)16-21;/h4-5,8-11,16,22,24,29H,2-3,6-7,12-15,17-18H2,1H3,(H3,27,28);1H. The highest BCUT2D eigenvalue weighted by atomic mass is 35.5. The van der Waals surface area contributed by atoms with Crippen molar-refractivity contribution in [1.82, 2.24) is 19.4 Å². The fourth-order valence-corrected chi connectivity index (χ4v) is 6.07. The summed E-state index contributed by atoms with van der Waals surface area (Å²) in [5.74, 6) is -0.973. The van der Waals surface area contributed by atoms with Crippen molar-refractivity contribution in [2.24, 2.45) is 5.73 Å². The maximum atomic E-state index is 13.6. The number of hydrogen-bond acceptors (Lipinski definition) is 6. The molecular formula is C26H37ClN6O5S. The summed E-state index contributed by atoms with van der Waals surface area (Å²) in [5.41, 5.74) is 5.60. The summed E-state index contributed by atoms with van der Waals surface area (Å²) in [5, 5.41) is 9.33. The van der Waals surface area contributed by atoms with E-state index in [1.807, 2.05) is 24.3 Å². The molecule has 4 N–H and O–H groups in total. The Kier molecular flexibility index (Phi) is 10.5. The maximum Gasteiger partial charge on any atom is 0.241 e. The second kappa shape index (κ2) is 13.4. The van der Waals surface area contributed by atoms with Crippen molar-refractivity contribution >= 4 is 51.0 Å². The number of guanidine groups is 1. The summed E-state index contributed by atoms with van der Waals surface area (Å²) in [4.78, 5) is 31.5. The Hall–Kier alpha value is -2.93. The number of morpholine rings is 1. The number of likely N-dealkylation sites (N-methyl/N-ethyl adjacent to an activating group) is 1. The highest BCUT2D eigenvalue weighted by Crippen LogP contribution is 2.21. The van der Waals surface area contributed by atoms with Gasteiger partial charge >= 0.3 is 0 Å². The molecular weight excluding hydrogens is 544 g/mol. The van der Waals surface area contributed by atoms with Crippen LogP contribution in [0.25, 0.3) is 10.8 Å². The third-order valence-corrected chi connectivity index (χ3v) is 8.61. The van der Waals surface area contributed by atoms with Gasteiger partial charge in [0.15, 0.2) is 5.96 Å². The van der Waals surface area contributed by atoms with Crippen LogP contribution >= 0.6 is 12.4 Å². The largest absolute Gasteiger partial charge is 0.370 e. The molecule has 2 heterocycles. The van der Waals surface area contributed by atoms with E-state index >= 15 is 0 Å². The van der Waals surface area contributed by atoms with E-state index in [4.69, 9.17) is 15.9 Å². The van der Waals surface area contributed by atoms with Crippen LogP contribution in [0.4, 0.5) is 0 Å². The Bertz CT molecular complexity index is 1280. The number of amides is 2. The summed E-state index contributed by atoms with van der Waals surface area (Å²) in [7, 11) is -2.57. The van der Waals surface area contributed by atoms with Crippen molar-refractivity contribution in [1.29, 1.82) is 5.41 Å². The fourth-order valence-electron chi connectivity index (χ4n) is 4.84. The van der Waals surface area contributed by atoms with Gasteiger partial charge in [-0.3, -0.25) is 15.0 Å². The normalized spacial score (nSPS) is 19.1. The first-order valence-corrected chi connectivity index (χ1v) is 14.4. The quantitative estimate of drug-likeness (QED) is 0.333. The van der Waals surface area contributed by atoms with Gasteiger partial charge in [-0.05, 0) is 35.7 Å². The van der Waals surface area contributed by atoms with E-state index in [2.05, 4.69) is 4.72 Å². The van der Waals surface area contributed by atoms with E-state index in [1.54, 1.807) is 29.0 Å². The van der Waals surface area contributed by atoms with Gasteiger partial charge in [0.1, 0.15) is 12.3 Å². The SMILES string of the molecule is CN(C(=O)CC(NS(=O)(=O)c1ccc2ccccc2c1)C(=O)N1CCCCCC1)C1CN(C(=N)N)CCO1.Cl. The molecule has 0 aliphatic carbocycles. The number of rotatable bonds is 7. The van der Waals surface area contributed by atoms with Gasteiger partial charge in [-0.1, -0.05) is 43.2 Å². The smallest absolute Gasteiger partial charge is 0.241 e. The number of fused-ring (bicyclic) bond motifs is 1. The number of nitrogens with one attached hydrogen (secondary N) is 2. The number of hydrogen-bond donors (Lipinski definition) is 3. The second-order valence-corrected chi connectivity index (χ2v) is 11.5. The van der Waals surface area contributed by atoms with Crippen LogP contribution in [0, 0.1) is 5.41 Å². The first-order valence-electron chi connectivity index (χ1n) is 12.9.